The second kappa shape index (κ2) is 9.70. The number of nitrogens with zero attached hydrogens (tertiary/aromatic N) is 1. The van der Waals surface area contributed by atoms with Crippen molar-refractivity contribution in [1.82, 2.24) is 5.43 Å². The zero-order valence-electron chi connectivity index (χ0n) is 18.4. The smallest absolute Gasteiger partial charge is 0.275 e. The van der Waals surface area contributed by atoms with Gasteiger partial charge in [0, 0.05) is 26.7 Å². The van der Waals surface area contributed by atoms with Gasteiger partial charge in [-0.25, -0.2) is 5.43 Å². The molecule has 0 fully saturated rings. The Morgan fingerprint density at radius 1 is 1.09 bits per heavy atom. The molecule has 0 spiro atoms. The van der Waals surface area contributed by atoms with Gasteiger partial charge in [-0.2, -0.15) is 5.10 Å². The summed E-state index contributed by atoms with van der Waals surface area (Å²) >= 11 is 3.03. The molecule has 0 radical (unpaired) electrons. The zero-order chi connectivity index (χ0) is 23.5. The average molecular weight is 487 g/mol. The maximum absolute atomic E-state index is 12.6. The third kappa shape index (κ3) is 4.55. The van der Waals surface area contributed by atoms with Crippen LogP contribution in [0.1, 0.15) is 35.0 Å². The van der Waals surface area contributed by atoms with Gasteiger partial charge < -0.3 is 10.6 Å². The molecule has 6 nitrogen and oxygen atoms in total. The lowest BCUT2D eigenvalue weighted by Crippen LogP contribution is -2.19. The first-order valence-electron chi connectivity index (χ1n) is 10.9. The van der Waals surface area contributed by atoms with Crippen LogP contribution in [0.5, 0.6) is 0 Å². The summed E-state index contributed by atoms with van der Waals surface area (Å²) < 4.78 is 0. The number of para-hydroxylation sites is 1. The third-order valence-electron chi connectivity index (χ3n) is 5.39. The molecule has 34 heavy (non-hydrogen) atoms. The summed E-state index contributed by atoms with van der Waals surface area (Å²) in [6, 6.07) is 19.5. The molecule has 0 atom stereocenters. The van der Waals surface area contributed by atoms with Gasteiger partial charge in [0.15, 0.2) is 0 Å². The molecule has 0 saturated carbocycles. The summed E-state index contributed by atoms with van der Waals surface area (Å²) in [5, 5.41) is 12.5. The Bertz CT molecular complexity index is 1340. The standard InChI is InChI=1S/C26H22N4O2S2/c1-2-6-20-24(26(32)30-29-20)21-15-23(18-7-3-4-8-19(18)28-21)34-17-12-10-16(11-13-17)27-25(31)22-9-5-14-33-22/h3-5,7-15,28H,2,6H2,1H3,(H,27,31)(H,30,32)/b24-21-. The number of hydrogen-bond donors (Lipinski definition) is 3. The number of rotatable bonds is 6. The van der Waals surface area contributed by atoms with Crippen LogP contribution in [0, 0.1) is 0 Å². The van der Waals surface area contributed by atoms with E-state index in [0.29, 0.717) is 10.5 Å². The maximum atomic E-state index is 12.6. The number of carbonyl (C=O) groups is 2. The van der Waals surface area contributed by atoms with Gasteiger partial charge in [0.2, 0.25) is 0 Å². The molecule has 0 unspecified atom stereocenters. The lowest BCUT2D eigenvalue weighted by molar-refractivity contribution is -0.116. The quantitative estimate of drug-likeness (QED) is 0.368. The number of hydrogen-bond acceptors (Lipinski definition) is 6. The molecule has 170 valence electrons. The van der Waals surface area contributed by atoms with E-state index in [1.807, 2.05) is 60.0 Å². The van der Waals surface area contributed by atoms with Crippen LogP contribution in [0.4, 0.5) is 11.4 Å². The second-order valence-corrected chi connectivity index (χ2v) is 9.84. The summed E-state index contributed by atoms with van der Waals surface area (Å²) in [6.45, 7) is 2.07. The molecule has 8 heteroatoms. The molecule has 3 aromatic rings. The van der Waals surface area contributed by atoms with Gasteiger partial charge in [-0.1, -0.05) is 49.4 Å². The van der Waals surface area contributed by atoms with Crippen LogP contribution >= 0.6 is 23.1 Å². The fraction of sp³-hybridized carbons (Fsp3) is 0.115. The number of thioether (sulfide) groups is 1. The predicted octanol–water partition coefficient (Wildman–Crippen LogP) is 6.10. The molecular formula is C26H22N4O2S2. The van der Waals surface area contributed by atoms with Gasteiger partial charge in [-0.3, -0.25) is 9.59 Å². The number of amides is 2. The number of fused-ring (bicyclic) bond motifs is 1. The minimum absolute atomic E-state index is 0.110. The Labute approximate surface area is 205 Å². The highest BCUT2D eigenvalue weighted by molar-refractivity contribution is 8.08. The summed E-state index contributed by atoms with van der Waals surface area (Å²) in [4.78, 5) is 27.6. The largest absolute Gasteiger partial charge is 0.354 e. The van der Waals surface area contributed by atoms with Crippen LogP contribution in [0.25, 0.3) is 4.91 Å². The van der Waals surface area contributed by atoms with Gasteiger partial charge >= 0.3 is 0 Å². The highest BCUT2D eigenvalue weighted by Crippen LogP contribution is 2.42. The second-order valence-electron chi connectivity index (χ2n) is 7.78. The first-order chi connectivity index (χ1) is 16.6. The molecule has 2 aromatic carbocycles. The number of allylic oxidation sites excluding steroid dienone is 1. The van der Waals surface area contributed by atoms with Crippen LogP contribution < -0.4 is 16.1 Å². The van der Waals surface area contributed by atoms with E-state index < -0.39 is 0 Å². The number of anilines is 2. The van der Waals surface area contributed by atoms with Crippen molar-refractivity contribution in [1.29, 1.82) is 0 Å². The van der Waals surface area contributed by atoms with E-state index in [9.17, 15) is 9.59 Å². The van der Waals surface area contributed by atoms with Crippen molar-refractivity contribution >= 4 is 56.9 Å². The topological polar surface area (TPSA) is 82.6 Å². The molecular weight excluding hydrogens is 464 g/mol. The van der Waals surface area contributed by atoms with E-state index in [4.69, 9.17) is 0 Å². The Morgan fingerprint density at radius 2 is 1.91 bits per heavy atom. The SMILES string of the molecule is CCCC1=NNC(=O)/C1=C1/C=C(Sc2ccc(NC(=O)c3cccs3)cc2)c2ccccc2N1. The Morgan fingerprint density at radius 3 is 2.68 bits per heavy atom. The summed E-state index contributed by atoms with van der Waals surface area (Å²) in [7, 11) is 0. The van der Waals surface area contributed by atoms with Crippen LogP contribution in [0.3, 0.4) is 0 Å². The molecule has 0 bridgehead atoms. The Balaban J connectivity index is 1.42. The number of benzene rings is 2. The van der Waals surface area contributed by atoms with Crippen molar-refractivity contribution in [3.8, 4) is 0 Å². The number of carbonyl (C=O) groups excluding carboxylic acids is 2. The van der Waals surface area contributed by atoms with Crippen molar-refractivity contribution in [2.45, 2.75) is 24.7 Å². The predicted molar refractivity (Wildman–Crippen MR) is 140 cm³/mol. The third-order valence-corrected chi connectivity index (χ3v) is 7.32. The fourth-order valence-electron chi connectivity index (χ4n) is 3.81. The molecule has 0 aliphatic carbocycles. The first-order valence-corrected chi connectivity index (χ1v) is 12.6. The van der Waals surface area contributed by atoms with Crippen molar-refractivity contribution in [2.75, 3.05) is 10.6 Å². The maximum Gasteiger partial charge on any atom is 0.275 e. The molecule has 3 heterocycles. The minimum Gasteiger partial charge on any atom is -0.354 e. The molecule has 2 aliphatic rings. The zero-order valence-corrected chi connectivity index (χ0v) is 20.1. The van der Waals surface area contributed by atoms with E-state index >= 15 is 0 Å². The van der Waals surface area contributed by atoms with Crippen LogP contribution in [0.15, 0.2) is 93.4 Å². The van der Waals surface area contributed by atoms with Crippen molar-refractivity contribution in [2.24, 2.45) is 5.10 Å². The first kappa shape index (κ1) is 22.2. The fourth-order valence-corrected chi connectivity index (χ4v) is 5.42. The van der Waals surface area contributed by atoms with E-state index in [-0.39, 0.29) is 11.8 Å². The molecule has 0 saturated heterocycles. The van der Waals surface area contributed by atoms with E-state index in [2.05, 4.69) is 34.2 Å². The van der Waals surface area contributed by atoms with Crippen molar-refractivity contribution < 1.29 is 9.59 Å². The molecule has 1 aromatic heterocycles. The van der Waals surface area contributed by atoms with Gasteiger partial charge in [-0.05, 0) is 54.3 Å². The van der Waals surface area contributed by atoms with Gasteiger partial charge in [-0.15, -0.1) is 11.3 Å². The van der Waals surface area contributed by atoms with Crippen LogP contribution in [-0.2, 0) is 4.79 Å². The summed E-state index contributed by atoms with van der Waals surface area (Å²) in [5.74, 6) is -0.294. The van der Waals surface area contributed by atoms with E-state index in [1.54, 1.807) is 17.8 Å². The summed E-state index contributed by atoms with van der Waals surface area (Å²) in [5.41, 5.74) is 7.50. The number of nitrogens with one attached hydrogen (secondary N) is 3. The van der Waals surface area contributed by atoms with Gasteiger partial charge in [0.1, 0.15) is 0 Å². The average Bonchev–Trinajstić information content (AvgIpc) is 3.51. The number of hydrazone groups is 1. The molecule has 2 amide bonds. The Kier molecular flexibility index (Phi) is 6.33. The van der Waals surface area contributed by atoms with Crippen molar-refractivity contribution in [3.63, 3.8) is 0 Å². The molecule has 2 aliphatic heterocycles. The lowest BCUT2D eigenvalue weighted by atomic mass is 10.0. The monoisotopic (exact) mass is 486 g/mol. The minimum atomic E-state index is -0.184. The highest BCUT2D eigenvalue weighted by Gasteiger charge is 2.28. The van der Waals surface area contributed by atoms with Crippen LogP contribution in [0.2, 0.25) is 0 Å². The lowest BCUT2D eigenvalue weighted by Gasteiger charge is -2.22. The van der Waals surface area contributed by atoms with Crippen molar-refractivity contribution in [3.05, 3.63) is 93.8 Å². The van der Waals surface area contributed by atoms with E-state index in [0.717, 1.165) is 51.0 Å². The molecule has 3 N–H and O–H groups in total. The van der Waals surface area contributed by atoms with Crippen LogP contribution in [-0.4, -0.2) is 17.5 Å². The Hall–Kier alpha value is -3.62. The molecule has 5 rings (SSSR count). The summed E-state index contributed by atoms with van der Waals surface area (Å²) in [6.07, 6.45) is 3.66. The van der Waals surface area contributed by atoms with Gasteiger partial charge in [0.25, 0.3) is 11.8 Å². The van der Waals surface area contributed by atoms with E-state index in [1.165, 1.54) is 11.3 Å². The highest BCUT2D eigenvalue weighted by atomic mass is 32.2. The number of thiophene rings is 1. The normalized spacial score (nSPS) is 16.8. The van der Waals surface area contributed by atoms with Gasteiger partial charge in [0.05, 0.1) is 21.9 Å².